The molecular weight excluding hydrogens is 254 g/mol. The summed E-state index contributed by atoms with van der Waals surface area (Å²) in [4.78, 5) is 12.1. The molecule has 1 heterocycles. The standard InChI is InChI=1S/C12H12ClN3O2/c1-2-16-14-6-10(15-16)8-18-12-4-3-9(7-17)5-11(12)13/h3-7H,2,8H2,1H3. The Balaban J connectivity index is 2.03. The van der Waals surface area contributed by atoms with E-state index in [2.05, 4.69) is 10.2 Å². The Kier molecular flexibility index (Phi) is 3.94. The van der Waals surface area contributed by atoms with Crippen molar-refractivity contribution in [1.29, 1.82) is 0 Å². The highest BCUT2D eigenvalue weighted by Crippen LogP contribution is 2.25. The van der Waals surface area contributed by atoms with Crippen LogP contribution in [-0.2, 0) is 13.2 Å². The van der Waals surface area contributed by atoms with Gasteiger partial charge in [-0.2, -0.15) is 15.0 Å². The summed E-state index contributed by atoms with van der Waals surface area (Å²) < 4.78 is 5.52. The molecule has 0 bridgehead atoms. The highest BCUT2D eigenvalue weighted by molar-refractivity contribution is 6.32. The average Bonchev–Trinajstić information content (AvgIpc) is 2.85. The Morgan fingerprint density at radius 2 is 2.33 bits per heavy atom. The van der Waals surface area contributed by atoms with Crippen molar-refractivity contribution < 1.29 is 9.53 Å². The number of benzene rings is 1. The summed E-state index contributed by atoms with van der Waals surface area (Å²) in [6, 6.07) is 4.88. The molecule has 18 heavy (non-hydrogen) atoms. The maximum Gasteiger partial charge on any atom is 0.150 e. The van der Waals surface area contributed by atoms with Gasteiger partial charge >= 0.3 is 0 Å². The molecule has 6 heteroatoms. The van der Waals surface area contributed by atoms with Gasteiger partial charge in [-0.3, -0.25) is 4.79 Å². The lowest BCUT2D eigenvalue weighted by Crippen LogP contribution is -2.01. The number of carbonyl (C=O) groups excluding carboxylic acids is 1. The molecule has 0 saturated carbocycles. The van der Waals surface area contributed by atoms with Crippen molar-refractivity contribution in [2.24, 2.45) is 0 Å². The van der Waals surface area contributed by atoms with Crippen LogP contribution < -0.4 is 4.74 Å². The van der Waals surface area contributed by atoms with Gasteiger partial charge in [0.25, 0.3) is 0 Å². The topological polar surface area (TPSA) is 57.0 Å². The van der Waals surface area contributed by atoms with Crippen LogP contribution >= 0.6 is 11.6 Å². The first-order valence-electron chi connectivity index (χ1n) is 5.49. The summed E-state index contributed by atoms with van der Waals surface area (Å²) in [6.07, 6.45) is 2.39. The van der Waals surface area contributed by atoms with E-state index in [1.165, 1.54) is 0 Å². The maximum atomic E-state index is 10.6. The molecule has 1 aromatic carbocycles. The summed E-state index contributed by atoms with van der Waals surface area (Å²) in [7, 11) is 0. The van der Waals surface area contributed by atoms with Crippen LogP contribution in [0.2, 0.25) is 5.02 Å². The van der Waals surface area contributed by atoms with Crippen LogP contribution in [0.1, 0.15) is 23.0 Å². The number of rotatable bonds is 5. The van der Waals surface area contributed by atoms with Crippen molar-refractivity contribution in [2.45, 2.75) is 20.1 Å². The second-order valence-corrected chi connectivity index (χ2v) is 4.03. The van der Waals surface area contributed by atoms with Gasteiger partial charge in [0, 0.05) is 5.56 Å². The molecule has 1 aromatic heterocycles. The van der Waals surface area contributed by atoms with Gasteiger partial charge in [-0.05, 0) is 25.1 Å². The Bertz CT molecular complexity index is 554. The Labute approximate surface area is 109 Å². The third-order valence-electron chi connectivity index (χ3n) is 2.33. The second-order valence-electron chi connectivity index (χ2n) is 3.62. The van der Waals surface area contributed by atoms with Crippen molar-refractivity contribution in [3.05, 3.63) is 40.7 Å². The van der Waals surface area contributed by atoms with Crippen LogP contribution in [0, 0.1) is 0 Å². The number of ether oxygens (including phenoxy) is 1. The van der Waals surface area contributed by atoms with E-state index < -0.39 is 0 Å². The van der Waals surface area contributed by atoms with Crippen LogP contribution in [0.25, 0.3) is 0 Å². The van der Waals surface area contributed by atoms with Crippen LogP contribution in [0.5, 0.6) is 5.75 Å². The van der Waals surface area contributed by atoms with Crippen molar-refractivity contribution in [3.63, 3.8) is 0 Å². The van der Waals surface area contributed by atoms with E-state index in [1.807, 2.05) is 6.92 Å². The summed E-state index contributed by atoms with van der Waals surface area (Å²) in [5.41, 5.74) is 1.25. The Hall–Kier alpha value is -1.88. The minimum absolute atomic E-state index is 0.292. The number of carbonyl (C=O) groups is 1. The number of hydrogen-bond donors (Lipinski definition) is 0. The largest absolute Gasteiger partial charge is 0.486 e. The molecule has 0 N–H and O–H groups in total. The van der Waals surface area contributed by atoms with E-state index in [0.29, 0.717) is 22.9 Å². The predicted octanol–water partition coefficient (Wildman–Crippen LogP) is 2.34. The zero-order chi connectivity index (χ0) is 13.0. The van der Waals surface area contributed by atoms with Crippen LogP contribution in [0.4, 0.5) is 0 Å². The van der Waals surface area contributed by atoms with E-state index in [4.69, 9.17) is 16.3 Å². The zero-order valence-electron chi connectivity index (χ0n) is 9.84. The lowest BCUT2D eigenvalue weighted by Gasteiger charge is -2.06. The summed E-state index contributed by atoms with van der Waals surface area (Å²) in [5.74, 6) is 0.522. The molecule has 94 valence electrons. The minimum Gasteiger partial charge on any atom is -0.486 e. The van der Waals surface area contributed by atoms with E-state index in [9.17, 15) is 4.79 Å². The molecule has 0 spiro atoms. The summed E-state index contributed by atoms with van der Waals surface area (Å²) in [6.45, 7) is 2.97. The molecule has 0 unspecified atom stereocenters. The molecule has 2 aromatic rings. The summed E-state index contributed by atoms with van der Waals surface area (Å²) in [5, 5.41) is 8.64. The molecule has 2 rings (SSSR count). The molecular formula is C12H12ClN3O2. The molecule has 0 radical (unpaired) electrons. The second kappa shape index (κ2) is 5.64. The first-order valence-corrected chi connectivity index (χ1v) is 5.87. The molecule has 0 saturated heterocycles. The minimum atomic E-state index is 0.292. The van der Waals surface area contributed by atoms with Gasteiger partial charge in [-0.15, -0.1) is 0 Å². The van der Waals surface area contributed by atoms with Gasteiger partial charge < -0.3 is 4.74 Å². The number of hydrogen-bond acceptors (Lipinski definition) is 4. The maximum absolute atomic E-state index is 10.6. The van der Waals surface area contributed by atoms with Gasteiger partial charge in [-0.1, -0.05) is 11.6 Å². The van der Waals surface area contributed by atoms with Gasteiger partial charge in [0.1, 0.15) is 24.3 Å². The average molecular weight is 266 g/mol. The third-order valence-corrected chi connectivity index (χ3v) is 2.63. The molecule has 0 atom stereocenters. The fourth-order valence-corrected chi connectivity index (χ4v) is 1.65. The van der Waals surface area contributed by atoms with Crippen LogP contribution in [-0.4, -0.2) is 21.3 Å². The van der Waals surface area contributed by atoms with Gasteiger partial charge in [0.15, 0.2) is 0 Å². The Morgan fingerprint density at radius 1 is 1.50 bits per heavy atom. The highest BCUT2D eigenvalue weighted by atomic mass is 35.5. The number of halogens is 1. The number of aldehydes is 1. The molecule has 0 amide bonds. The Morgan fingerprint density at radius 3 is 2.94 bits per heavy atom. The zero-order valence-corrected chi connectivity index (χ0v) is 10.6. The first-order chi connectivity index (χ1) is 8.72. The number of aromatic nitrogens is 3. The smallest absolute Gasteiger partial charge is 0.150 e. The van der Waals surface area contributed by atoms with Crippen molar-refractivity contribution in [1.82, 2.24) is 15.0 Å². The quantitative estimate of drug-likeness (QED) is 0.779. The SMILES string of the molecule is CCn1ncc(COc2ccc(C=O)cc2Cl)n1. The lowest BCUT2D eigenvalue weighted by molar-refractivity contribution is 0.112. The number of nitrogens with zero attached hydrogens (tertiary/aromatic N) is 3. The molecule has 5 nitrogen and oxygen atoms in total. The van der Waals surface area contributed by atoms with E-state index in [-0.39, 0.29) is 0 Å². The molecule has 0 aliphatic heterocycles. The first kappa shape index (κ1) is 12.6. The monoisotopic (exact) mass is 265 g/mol. The molecule has 0 aliphatic carbocycles. The lowest BCUT2D eigenvalue weighted by atomic mass is 10.2. The number of aryl methyl sites for hydroxylation is 1. The highest BCUT2D eigenvalue weighted by Gasteiger charge is 2.05. The fourth-order valence-electron chi connectivity index (χ4n) is 1.41. The van der Waals surface area contributed by atoms with E-state index >= 15 is 0 Å². The predicted molar refractivity (Wildman–Crippen MR) is 66.9 cm³/mol. The van der Waals surface area contributed by atoms with Crippen molar-refractivity contribution >= 4 is 17.9 Å². The fraction of sp³-hybridized carbons (Fsp3) is 0.250. The summed E-state index contributed by atoms with van der Waals surface area (Å²) >= 11 is 5.98. The third kappa shape index (κ3) is 2.87. The van der Waals surface area contributed by atoms with Crippen LogP contribution in [0.3, 0.4) is 0 Å². The normalized spacial score (nSPS) is 10.3. The van der Waals surface area contributed by atoms with Gasteiger partial charge in [0.2, 0.25) is 0 Å². The van der Waals surface area contributed by atoms with Crippen LogP contribution in [0.15, 0.2) is 24.4 Å². The van der Waals surface area contributed by atoms with Gasteiger partial charge in [0.05, 0.1) is 17.8 Å². The molecule has 0 aliphatic rings. The van der Waals surface area contributed by atoms with Crippen molar-refractivity contribution in [2.75, 3.05) is 0 Å². The van der Waals surface area contributed by atoms with Crippen molar-refractivity contribution in [3.8, 4) is 5.75 Å². The van der Waals surface area contributed by atoms with Gasteiger partial charge in [-0.25, -0.2) is 0 Å². The van der Waals surface area contributed by atoms with E-state index in [0.717, 1.165) is 18.5 Å². The molecule has 0 fully saturated rings. The van der Waals surface area contributed by atoms with E-state index in [1.54, 1.807) is 29.2 Å².